The number of halogens is 3. The molecule has 1 aliphatic heterocycles. The Morgan fingerprint density at radius 3 is 2.63 bits per heavy atom. The molecular formula is C20H17F3N4O3. The van der Waals surface area contributed by atoms with Gasteiger partial charge in [0, 0.05) is 24.9 Å². The first-order valence-corrected chi connectivity index (χ1v) is 8.97. The van der Waals surface area contributed by atoms with E-state index in [2.05, 4.69) is 9.97 Å². The molecule has 0 amide bonds. The van der Waals surface area contributed by atoms with Crippen molar-refractivity contribution in [3.05, 3.63) is 59.9 Å². The van der Waals surface area contributed by atoms with Crippen LogP contribution in [0.25, 0.3) is 11.4 Å². The van der Waals surface area contributed by atoms with Crippen LogP contribution >= 0.6 is 0 Å². The lowest BCUT2D eigenvalue weighted by molar-refractivity contribution is -0.0263. The van der Waals surface area contributed by atoms with Gasteiger partial charge < -0.3 is 19.3 Å². The summed E-state index contributed by atoms with van der Waals surface area (Å²) < 4.78 is 47.1. The third kappa shape index (κ3) is 3.93. The molecule has 0 aliphatic carbocycles. The number of hydrogen-bond donors (Lipinski definition) is 1. The molecule has 10 heteroatoms. The molecule has 0 spiro atoms. The predicted octanol–water partition coefficient (Wildman–Crippen LogP) is 3.35. The molecule has 1 aliphatic rings. The average molecular weight is 418 g/mol. The van der Waals surface area contributed by atoms with Crippen molar-refractivity contribution in [3.8, 4) is 17.1 Å². The first-order valence-electron chi connectivity index (χ1n) is 8.97. The zero-order chi connectivity index (χ0) is 21.5. The van der Waals surface area contributed by atoms with Crippen LogP contribution < -0.4 is 9.64 Å². The van der Waals surface area contributed by atoms with E-state index in [4.69, 9.17) is 4.74 Å². The van der Waals surface area contributed by atoms with E-state index in [9.17, 15) is 23.1 Å². The summed E-state index contributed by atoms with van der Waals surface area (Å²) in [5.41, 5.74) is 2.06. The Morgan fingerprint density at radius 1 is 1.23 bits per heavy atom. The van der Waals surface area contributed by atoms with Crippen LogP contribution in [0.2, 0.25) is 0 Å². The van der Waals surface area contributed by atoms with Crippen molar-refractivity contribution in [3.63, 3.8) is 0 Å². The lowest BCUT2D eigenvalue weighted by Crippen LogP contribution is -2.56. The van der Waals surface area contributed by atoms with E-state index in [1.807, 2.05) is 0 Å². The minimum atomic E-state index is -2.74. The molecule has 1 N–H and O–H groups in total. The van der Waals surface area contributed by atoms with Gasteiger partial charge in [-0.05, 0) is 12.1 Å². The quantitative estimate of drug-likeness (QED) is 0.661. The molecule has 4 rings (SSSR count). The van der Waals surface area contributed by atoms with Crippen LogP contribution in [0.15, 0.2) is 43.0 Å². The maximum Gasteiger partial charge on any atom is 0.337 e. The SMILES string of the molecule is Cn1cc(C(=O)O)cc1-c1ncc(N2CC(F)(F)C2)cc1COc1cncc(F)c1. The molecule has 7 nitrogen and oxygen atoms in total. The van der Waals surface area contributed by atoms with E-state index in [1.165, 1.54) is 35.6 Å². The minimum Gasteiger partial charge on any atom is -0.487 e. The normalized spacial score (nSPS) is 15.0. The molecule has 0 atom stereocenters. The number of pyridine rings is 2. The molecule has 30 heavy (non-hydrogen) atoms. The molecular weight excluding hydrogens is 401 g/mol. The number of alkyl halides is 2. The second-order valence-electron chi connectivity index (χ2n) is 7.07. The molecule has 0 radical (unpaired) electrons. The van der Waals surface area contributed by atoms with Gasteiger partial charge in [0.1, 0.15) is 18.2 Å². The largest absolute Gasteiger partial charge is 0.487 e. The summed E-state index contributed by atoms with van der Waals surface area (Å²) >= 11 is 0. The highest BCUT2D eigenvalue weighted by Crippen LogP contribution is 2.34. The Bertz CT molecular complexity index is 1110. The number of carboxylic acids is 1. The van der Waals surface area contributed by atoms with Crippen molar-refractivity contribution in [2.75, 3.05) is 18.0 Å². The number of carbonyl (C=O) groups is 1. The summed E-state index contributed by atoms with van der Waals surface area (Å²) in [5.74, 6) is -4.19. The van der Waals surface area contributed by atoms with Gasteiger partial charge in [-0.3, -0.25) is 9.97 Å². The molecule has 0 aromatic carbocycles. The number of anilines is 1. The molecule has 0 saturated carbocycles. The first kappa shape index (κ1) is 19.7. The monoisotopic (exact) mass is 418 g/mol. The fourth-order valence-corrected chi connectivity index (χ4v) is 3.26. The Balaban J connectivity index is 1.68. The number of hydrogen-bond acceptors (Lipinski definition) is 5. The van der Waals surface area contributed by atoms with Gasteiger partial charge in [-0.25, -0.2) is 18.0 Å². The maximum atomic E-state index is 13.4. The lowest BCUT2D eigenvalue weighted by atomic mass is 10.1. The van der Waals surface area contributed by atoms with E-state index >= 15 is 0 Å². The number of aromatic nitrogens is 3. The average Bonchev–Trinajstić information content (AvgIpc) is 3.06. The number of ether oxygens (including phenoxy) is 1. The lowest BCUT2D eigenvalue weighted by Gasteiger charge is -2.40. The van der Waals surface area contributed by atoms with Gasteiger partial charge in [0.15, 0.2) is 0 Å². The third-order valence-electron chi connectivity index (χ3n) is 4.73. The highest BCUT2D eigenvalue weighted by atomic mass is 19.3. The molecule has 0 unspecified atom stereocenters. The predicted molar refractivity (Wildman–Crippen MR) is 101 cm³/mol. The van der Waals surface area contributed by atoms with Gasteiger partial charge >= 0.3 is 5.97 Å². The van der Waals surface area contributed by atoms with Gasteiger partial charge in [-0.1, -0.05) is 0 Å². The third-order valence-corrected chi connectivity index (χ3v) is 4.73. The van der Waals surface area contributed by atoms with Crippen LogP contribution in [0.1, 0.15) is 15.9 Å². The molecule has 1 fully saturated rings. The smallest absolute Gasteiger partial charge is 0.337 e. The Morgan fingerprint density at radius 2 is 2.00 bits per heavy atom. The molecule has 3 aromatic rings. The van der Waals surface area contributed by atoms with Gasteiger partial charge in [0.05, 0.1) is 54.3 Å². The molecule has 3 aromatic heterocycles. The minimum absolute atomic E-state index is 0.0425. The van der Waals surface area contributed by atoms with Crippen LogP contribution in [0.4, 0.5) is 18.9 Å². The fourth-order valence-electron chi connectivity index (χ4n) is 3.26. The summed E-state index contributed by atoms with van der Waals surface area (Å²) in [6.07, 6.45) is 5.30. The Hall–Kier alpha value is -3.56. The molecule has 1 saturated heterocycles. The fraction of sp³-hybridized carbons (Fsp3) is 0.250. The number of aryl methyl sites for hydroxylation is 1. The zero-order valence-corrected chi connectivity index (χ0v) is 15.8. The standard InChI is InChI=1S/C20H17F3N4O3/c1-26-8-12(19(28)29)3-17(26)18-13(9-30-16-4-14(21)5-24-7-16)2-15(6-25-18)27-10-20(22,23)11-27/h2-8H,9-11H2,1H3,(H,28,29). The molecule has 4 heterocycles. The molecule has 0 bridgehead atoms. The van der Waals surface area contributed by atoms with Crippen molar-refractivity contribution < 1.29 is 27.8 Å². The van der Waals surface area contributed by atoms with E-state index in [0.29, 0.717) is 22.6 Å². The summed E-state index contributed by atoms with van der Waals surface area (Å²) in [4.78, 5) is 20.9. The van der Waals surface area contributed by atoms with Crippen LogP contribution in [-0.4, -0.2) is 44.6 Å². The number of aromatic carboxylic acids is 1. The van der Waals surface area contributed by atoms with Crippen LogP contribution in [0.5, 0.6) is 5.75 Å². The van der Waals surface area contributed by atoms with Gasteiger partial charge in [-0.2, -0.15) is 0 Å². The second-order valence-corrected chi connectivity index (χ2v) is 7.07. The van der Waals surface area contributed by atoms with Crippen molar-refractivity contribution in [2.45, 2.75) is 12.5 Å². The van der Waals surface area contributed by atoms with E-state index in [0.717, 1.165) is 6.20 Å². The van der Waals surface area contributed by atoms with E-state index in [1.54, 1.807) is 17.7 Å². The van der Waals surface area contributed by atoms with Crippen LogP contribution in [-0.2, 0) is 13.7 Å². The van der Waals surface area contributed by atoms with Crippen molar-refractivity contribution in [1.29, 1.82) is 0 Å². The van der Waals surface area contributed by atoms with Crippen molar-refractivity contribution in [2.24, 2.45) is 7.05 Å². The highest BCUT2D eigenvalue weighted by molar-refractivity contribution is 5.89. The summed E-state index contributed by atoms with van der Waals surface area (Å²) in [7, 11) is 1.68. The Labute approximate surface area is 169 Å². The van der Waals surface area contributed by atoms with Gasteiger partial charge in [0.25, 0.3) is 5.92 Å². The van der Waals surface area contributed by atoms with Crippen LogP contribution in [0.3, 0.4) is 0 Å². The van der Waals surface area contributed by atoms with Crippen molar-refractivity contribution >= 4 is 11.7 Å². The summed E-state index contributed by atoms with van der Waals surface area (Å²) in [5, 5.41) is 9.24. The van der Waals surface area contributed by atoms with Gasteiger partial charge in [-0.15, -0.1) is 0 Å². The molecule has 156 valence electrons. The van der Waals surface area contributed by atoms with Crippen molar-refractivity contribution in [1.82, 2.24) is 14.5 Å². The second kappa shape index (κ2) is 7.36. The topological polar surface area (TPSA) is 80.5 Å². The number of carboxylic acid groups (broad SMARTS) is 1. The highest BCUT2D eigenvalue weighted by Gasteiger charge is 2.44. The van der Waals surface area contributed by atoms with Crippen LogP contribution in [0, 0.1) is 5.82 Å². The summed E-state index contributed by atoms with van der Waals surface area (Å²) in [6, 6.07) is 4.30. The van der Waals surface area contributed by atoms with Gasteiger partial charge in [0.2, 0.25) is 0 Å². The Kier molecular flexibility index (Phi) is 4.84. The van der Waals surface area contributed by atoms with E-state index in [-0.39, 0.29) is 17.9 Å². The summed E-state index contributed by atoms with van der Waals surface area (Å²) in [6.45, 7) is -0.857. The maximum absolute atomic E-state index is 13.4. The number of rotatable bonds is 6. The van der Waals surface area contributed by atoms with E-state index < -0.39 is 30.8 Å². The zero-order valence-electron chi connectivity index (χ0n) is 15.8. The number of nitrogens with zero attached hydrogens (tertiary/aromatic N) is 4. The first-order chi connectivity index (χ1) is 14.2.